The third-order valence-electron chi connectivity index (χ3n) is 2.92. The van der Waals surface area contributed by atoms with E-state index in [-0.39, 0.29) is 18.2 Å². The number of hydrogen-bond donors (Lipinski definition) is 2. The molecule has 0 saturated heterocycles. The van der Waals surface area contributed by atoms with Gasteiger partial charge in [0.1, 0.15) is 18.8 Å². The number of carbonyl (C=O) groups is 2. The average molecular weight is 292 g/mol. The molecule has 0 fully saturated rings. The first-order chi connectivity index (χ1) is 10.0. The first-order valence-electron chi connectivity index (χ1n) is 7.29. The number of carbonyl (C=O) groups excluding carboxylic acids is 2. The third kappa shape index (κ3) is 6.29. The van der Waals surface area contributed by atoms with Crippen LogP contribution in [0.25, 0.3) is 0 Å². The van der Waals surface area contributed by atoms with E-state index in [4.69, 9.17) is 4.74 Å². The maximum atomic E-state index is 11.5. The molecule has 2 N–H and O–H groups in total. The lowest BCUT2D eigenvalue weighted by Crippen LogP contribution is -2.33. The SMILES string of the molecule is CCNC(=O)CC(=O)NCCOc1ccccc1C(C)C. The largest absolute Gasteiger partial charge is 0.491 e. The van der Waals surface area contributed by atoms with Crippen LogP contribution in [0.15, 0.2) is 24.3 Å². The summed E-state index contributed by atoms with van der Waals surface area (Å²) in [6, 6.07) is 7.87. The molecule has 0 aliphatic carbocycles. The molecular formula is C16H24N2O3. The van der Waals surface area contributed by atoms with Crippen molar-refractivity contribution in [1.82, 2.24) is 10.6 Å². The Morgan fingerprint density at radius 3 is 2.48 bits per heavy atom. The van der Waals surface area contributed by atoms with Gasteiger partial charge in [0.25, 0.3) is 0 Å². The number of amides is 2. The predicted octanol–water partition coefficient (Wildman–Crippen LogP) is 1.83. The van der Waals surface area contributed by atoms with Crippen molar-refractivity contribution >= 4 is 11.8 Å². The number of nitrogens with one attached hydrogen (secondary N) is 2. The van der Waals surface area contributed by atoms with Crippen molar-refractivity contribution in [1.29, 1.82) is 0 Å². The molecule has 0 radical (unpaired) electrons. The molecule has 2 amide bonds. The zero-order valence-corrected chi connectivity index (χ0v) is 12.9. The van der Waals surface area contributed by atoms with Gasteiger partial charge in [-0.2, -0.15) is 0 Å². The Morgan fingerprint density at radius 2 is 1.81 bits per heavy atom. The molecule has 0 aromatic heterocycles. The summed E-state index contributed by atoms with van der Waals surface area (Å²) in [7, 11) is 0. The minimum Gasteiger partial charge on any atom is -0.491 e. The van der Waals surface area contributed by atoms with Crippen LogP contribution < -0.4 is 15.4 Å². The zero-order chi connectivity index (χ0) is 15.7. The van der Waals surface area contributed by atoms with Crippen molar-refractivity contribution < 1.29 is 14.3 Å². The van der Waals surface area contributed by atoms with Gasteiger partial charge in [-0.05, 0) is 24.5 Å². The van der Waals surface area contributed by atoms with Gasteiger partial charge in [-0.1, -0.05) is 32.0 Å². The minimum absolute atomic E-state index is 0.142. The Morgan fingerprint density at radius 1 is 1.14 bits per heavy atom. The number of hydrogen-bond acceptors (Lipinski definition) is 3. The van der Waals surface area contributed by atoms with Crippen LogP contribution in [0, 0.1) is 0 Å². The highest BCUT2D eigenvalue weighted by Gasteiger charge is 2.09. The normalized spacial score (nSPS) is 10.3. The zero-order valence-electron chi connectivity index (χ0n) is 12.9. The van der Waals surface area contributed by atoms with E-state index in [9.17, 15) is 9.59 Å². The topological polar surface area (TPSA) is 67.4 Å². The van der Waals surface area contributed by atoms with E-state index in [0.29, 0.717) is 25.6 Å². The van der Waals surface area contributed by atoms with E-state index < -0.39 is 0 Å². The van der Waals surface area contributed by atoms with Crippen molar-refractivity contribution in [3.05, 3.63) is 29.8 Å². The molecule has 1 rings (SSSR count). The highest BCUT2D eigenvalue weighted by molar-refractivity contribution is 5.96. The Bertz CT molecular complexity index is 472. The second kappa shape index (κ2) is 9.00. The monoisotopic (exact) mass is 292 g/mol. The molecule has 0 unspecified atom stereocenters. The van der Waals surface area contributed by atoms with Crippen LogP contribution in [0.4, 0.5) is 0 Å². The molecule has 0 aliphatic heterocycles. The standard InChI is InChI=1S/C16H24N2O3/c1-4-17-15(19)11-16(20)18-9-10-21-14-8-6-5-7-13(14)12(2)3/h5-8,12H,4,9-11H2,1-3H3,(H,17,19)(H,18,20). The maximum absolute atomic E-state index is 11.5. The average Bonchev–Trinajstić information content (AvgIpc) is 2.44. The number of ether oxygens (including phenoxy) is 1. The van der Waals surface area contributed by atoms with E-state index in [1.807, 2.05) is 31.2 Å². The molecule has 5 nitrogen and oxygen atoms in total. The summed E-state index contributed by atoms with van der Waals surface area (Å²) in [4.78, 5) is 22.7. The van der Waals surface area contributed by atoms with Crippen LogP contribution in [0.2, 0.25) is 0 Å². The molecule has 1 aromatic rings. The van der Waals surface area contributed by atoms with E-state index in [1.165, 1.54) is 0 Å². The smallest absolute Gasteiger partial charge is 0.229 e. The van der Waals surface area contributed by atoms with Gasteiger partial charge < -0.3 is 15.4 Å². The van der Waals surface area contributed by atoms with Gasteiger partial charge in [-0.25, -0.2) is 0 Å². The minimum atomic E-state index is -0.290. The summed E-state index contributed by atoms with van der Waals surface area (Å²) in [6.07, 6.45) is -0.142. The molecular weight excluding hydrogens is 268 g/mol. The molecule has 5 heteroatoms. The Kier molecular flexibility index (Phi) is 7.29. The lowest BCUT2D eigenvalue weighted by atomic mass is 10.0. The van der Waals surface area contributed by atoms with Crippen molar-refractivity contribution in [2.45, 2.75) is 33.1 Å². The number of rotatable bonds is 8. The predicted molar refractivity (Wildman–Crippen MR) is 82.3 cm³/mol. The van der Waals surface area contributed by atoms with Gasteiger partial charge in [-0.3, -0.25) is 9.59 Å². The highest BCUT2D eigenvalue weighted by atomic mass is 16.5. The van der Waals surface area contributed by atoms with Crippen molar-refractivity contribution in [2.24, 2.45) is 0 Å². The lowest BCUT2D eigenvalue weighted by molar-refractivity contribution is -0.129. The van der Waals surface area contributed by atoms with Crippen LogP contribution in [0.3, 0.4) is 0 Å². The van der Waals surface area contributed by atoms with Crippen molar-refractivity contribution in [3.63, 3.8) is 0 Å². The fourth-order valence-electron chi connectivity index (χ4n) is 1.91. The van der Waals surface area contributed by atoms with Crippen LogP contribution in [-0.2, 0) is 9.59 Å². The van der Waals surface area contributed by atoms with E-state index in [0.717, 1.165) is 11.3 Å². The number of benzene rings is 1. The summed E-state index contributed by atoms with van der Waals surface area (Å²) in [5.74, 6) is 0.668. The summed E-state index contributed by atoms with van der Waals surface area (Å²) in [5, 5.41) is 5.25. The molecule has 0 heterocycles. The van der Waals surface area contributed by atoms with Gasteiger partial charge in [0, 0.05) is 6.54 Å². The Balaban J connectivity index is 2.31. The summed E-state index contributed by atoms with van der Waals surface area (Å²) in [5.41, 5.74) is 1.14. The van der Waals surface area contributed by atoms with Gasteiger partial charge in [-0.15, -0.1) is 0 Å². The molecule has 21 heavy (non-hydrogen) atoms. The van der Waals surface area contributed by atoms with Gasteiger partial charge in [0.15, 0.2) is 0 Å². The van der Waals surface area contributed by atoms with Crippen molar-refractivity contribution in [2.75, 3.05) is 19.7 Å². The Hall–Kier alpha value is -2.04. The van der Waals surface area contributed by atoms with Gasteiger partial charge in [0.2, 0.25) is 11.8 Å². The second-order valence-corrected chi connectivity index (χ2v) is 5.02. The van der Waals surface area contributed by atoms with Crippen molar-refractivity contribution in [3.8, 4) is 5.75 Å². The molecule has 1 aromatic carbocycles. The second-order valence-electron chi connectivity index (χ2n) is 5.02. The molecule has 0 saturated carbocycles. The molecule has 0 bridgehead atoms. The van der Waals surface area contributed by atoms with E-state index in [1.54, 1.807) is 0 Å². The summed E-state index contributed by atoms with van der Waals surface area (Å²) in [6.45, 7) is 7.32. The molecule has 0 atom stereocenters. The summed E-state index contributed by atoms with van der Waals surface area (Å²) < 4.78 is 5.69. The van der Waals surface area contributed by atoms with Gasteiger partial charge in [0.05, 0.1) is 6.54 Å². The fourth-order valence-corrected chi connectivity index (χ4v) is 1.91. The first-order valence-corrected chi connectivity index (χ1v) is 7.29. The van der Waals surface area contributed by atoms with Crippen LogP contribution >= 0.6 is 0 Å². The van der Waals surface area contributed by atoms with Crippen LogP contribution in [0.1, 0.15) is 38.7 Å². The third-order valence-corrected chi connectivity index (χ3v) is 2.92. The van der Waals surface area contributed by atoms with Crippen LogP contribution in [0.5, 0.6) is 5.75 Å². The highest BCUT2D eigenvalue weighted by Crippen LogP contribution is 2.25. The van der Waals surface area contributed by atoms with E-state index >= 15 is 0 Å². The fraction of sp³-hybridized carbons (Fsp3) is 0.500. The first kappa shape index (κ1) is 17.0. The maximum Gasteiger partial charge on any atom is 0.229 e. The molecule has 0 spiro atoms. The Labute approximate surface area is 126 Å². The van der Waals surface area contributed by atoms with E-state index in [2.05, 4.69) is 24.5 Å². The van der Waals surface area contributed by atoms with Gasteiger partial charge >= 0.3 is 0 Å². The lowest BCUT2D eigenvalue weighted by Gasteiger charge is -2.14. The molecule has 0 aliphatic rings. The van der Waals surface area contributed by atoms with Crippen LogP contribution in [-0.4, -0.2) is 31.5 Å². The summed E-state index contributed by atoms with van der Waals surface area (Å²) >= 11 is 0. The molecule has 116 valence electrons. The number of para-hydroxylation sites is 1. The quantitative estimate of drug-likeness (QED) is 0.567.